The van der Waals surface area contributed by atoms with E-state index in [0.29, 0.717) is 23.2 Å². The minimum Gasteiger partial charge on any atom is -0.484 e. The summed E-state index contributed by atoms with van der Waals surface area (Å²) >= 11 is 3.38. The maximum Gasteiger partial charge on any atom is 0.262 e. The number of nitrogens with one attached hydrogen (secondary N) is 1. The average molecular weight is 388 g/mol. The van der Waals surface area contributed by atoms with Crippen LogP contribution in [0.2, 0.25) is 0 Å². The molecule has 0 atom stereocenters. The molecule has 0 saturated carbocycles. The Kier molecular flexibility index (Phi) is 4.90. The van der Waals surface area contributed by atoms with Crippen LogP contribution in [0.15, 0.2) is 57.5 Å². The predicted octanol–water partition coefficient (Wildman–Crippen LogP) is 3.83. The van der Waals surface area contributed by atoms with Crippen molar-refractivity contribution in [3.05, 3.63) is 58.9 Å². The van der Waals surface area contributed by atoms with Crippen molar-refractivity contribution in [2.75, 3.05) is 11.9 Å². The van der Waals surface area contributed by atoms with Crippen LogP contribution in [0, 0.1) is 6.92 Å². The maximum absolute atomic E-state index is 11.9. The zero-order valence-corrected chi connectivity index (χ0v) is 14.4. The number of nitrogens with zero attached hydrogens (tertiary/aromatic N) is 2. The average Bonchev–Trinajstić information content (AvgIpc) is 3.02. The summed E-state index contributed by atoms with van der Waals surface area (Å²) < 4.78 is 11.2. The lowest BCUT2D eigenvalue weighted by atomic mass is 10.2. The highest BCUT2D eigenvalue weighted by Gasteiger charge is 2.08. The summed E-state index contributed by atoms with van der Waals surface area (Å²) in [5.74, 6) is 1.38. The van der Waals surface area contributed by atoms with Gasteiger partial charge in [-0.1, -0.05) is 17.3 Å². The van der Waals surface area contributed by atoms with E-state index in [4.69, 9.17) is 9.26 Å². The summed E-state index contributed by atoms with van der Waals surface area (Å²) in [5.41, 5.74) is 1.52. The Morgan fingerprint density at radius 1 is 1.21 bits per heavy atom. The minimum absolute atomic E-state index is 0.0813. The number of rotatable bonds is 5. The molecule has 0 aliphatic rings. The summed E-state index contributed by atoms with van der Waals surface area (Å²) in [6.07, 6.45) is 0. The molecular formula is C17H14BrN3O3. The van der Waals surface area contributed by atoms with Crippen molar-refractivity contribution in [3.63, 3.8) is 0 Å². The Hall–Kier alpha value is -2.67. The van der Waals surface area contributed by atoms with Crippen LogP contribution in [0.25, 0.3) is 11.4 Å². The van der Waals surface area contributed by atoms with Gasteiger partial charge in [0.25, 0.3) is 5.91 Å². The normalized spacial score (nSPS) is 10.4. The second-order valence-electron chi connectivity index (χ2n) is 4.98. The molecule has 3 rings (SSSR count). The molecule has 0 fully saturated rings. The van der Waals surface area contributed by atoms with Crippen LogP contribution in [0.3, 0.4) is 0 Å². The molecule has 24 heavy (non-hydrogen) atoms. The number of aryl methyl sites for hydroxylation is 1. The smallest absolute Gasteiger partial charge is 0.262 e. The number of aromatic nitrogens is 2. The van der Waals surface area contributed by atoms with E-state index in [-0.39, 0.29) is 12.5 Å². The van der Waals surface area contributed by atoms with E-state index < -0.39 is 0 Å². The topological polar surface area (TPSA) is 77.2 Å². The lowest BCUT2D eigenvalue weighted by molar-refractivity contribution is -0.118. The van der Waals surface area contributed by atoms with Gasteiger partial charge in [0.2, 0.25) is 11.7 Å². The van der Waals surface area contributed by atoms with Gasteiger partial charge < -0.3 is 14.6 Å². The van der Waals surface area contributed by atoms with Gasteiger partial charge in [-0.3, -0.25) is 4.79 Å². The molecule has 7 heteroatoms. The summed E-state index contributed by atoms with van der Waals surface area (Å²) in [6, 6.07) is 14.5. The Morgan fingerprint density at radius 2 is 1.96 bits per heavy atom. The molecule has 3 aromatic rings. The third kappa shape index (κ3) is 3.99. The highest BCUT2D eigenvalue weighted by molar-refractivity contribution is 9.10. The van der Waals surface area contributed by atoms with Gasteiger partial charge in [-0.05, 0) is 52.3 Å². The number of ether oxygens (including phenoxy) is 1. The monoisotopic (exact) mass is 387 g/mol. The van der Waals surface area contributed by atoms with Gasteiger partial charge in [0.15, 0.2) is 6.61 Å². The van der Waals surface area contributed by atoms with Crippen molar-refractivity contribution in [3.8, 4) is 17.1 Å². The van der Waals surface area contributed by atoms with E-state index in [9.17, 15) is 4.79 Å². The molecule has 1 aromatic heterocycles. The predicted molar refractivity (Wildman–Crippen MR) is 92.7 cm³/mol. The fourth-order valence-corrected chi connectivity index (χ4v) is 2.40. The van der Waals surface area contributed by atoms with Gasteiger partial charge >= 0.3 is 0 Å². The fraction of sp³-hybridized carbons (Fsp3) is 0.118. The molecule has 0 spiro atoms. The molecule has 6 nitrogen and oxygen atoms in total. The highest BCUT2D eigenvalue weighted by atomic mass is 79.9. The maximum atomic E-state index is 11.9. The van der Waals surface area contributed by atoms with E-state index in [0.717, 1.165) is 10.0 Å². The summed E-state index contributed by atoms with van der Waals surface area (Å²) in [6.45, 7) is 1.65. The van der Waals surface area contributed by atoms with Gasteiger partial charge in [-0.2, -0.15) is 4.98 Å². The lowest BCUT2D eigenvalue weighted by Crippen LogP contribution is -2.20. The Morgan fingerprint density at radius 3 is 2.62 bits per heavy atom. The SMILES string of the molecule is Cc1nc(-c2ccc(OCC(=O)Nc3ccccc3Br)cc2)no1. The first-order valence-electron chi connectivity index (χ1n) is 7.20. The molecule has 1 amide bonds. The van der Waals surface area contributed by atoms with Gasteiger partial charge in [-0.25, -0.2) is 0 Å². The summed E-state index contributed by atoms with van der Waals surface area (Å²) in [7, 11) is 0. The van der Waals surface area contributed by atoms with Crippen LogP contribution in [-0.4, -0.2) is 22.7 Å². The first-order chi connectivity index (χ1) is 11.6. The van der Waals surface area contributed by atoms with Crippen molar-refractivity contribution >= 4 is 27.5 Å². The number of benzene rings is 2. The molecule has 0 unspecified atom stereocenters. The van der Waals surface area contributed by atoms with E-state index in [1.807, 2.05) is 36.4 Å². The lowest BCUT2D eigenvalue weighted by Gasteiger charge is -2.09. The fourth-order valence-electron chi connectivity index (χ4n) is 2.01. The molecule has 0 radical (unpaired) electrons. The molecule has 122 valence electrons. The number of carbonyl (C=O) groups is 1. The number of amides is 1. The quantitative estimate of drug-likeness (QED) is 0.719. The van der Waals surface area contributed by atoms with Crippen LogP contribution in [0.5, 0.6) is 5.75 Å². The van der Waals surface area contributed by atoms with Crippen molar-refractivity contribution in [1.82, 2.24) is 10.1 Å². The Bertz CT molecular complexity index is 846. The van der Waals surface area contributed by atoms with Crippen molar-refractivity contribution in [1.29, 1.82) is 0 Å². The van der Waals surface area contributed by atoms with Gasteiger partial charge in [0.05, 0.1) is 5.69 Å². The third-order valence-corrected chi connectivity index (χ3v) is 3.85. The van der Waals surface area contributed by atoms with E-state index in [1.54, 1.807) is 19.1 Å². The molecule has 0 bridgehead atoms. The van der Waals surface area contributed by atoms with Crippen molar-refractivity contribution < 1.29 is 14.1 Å². The summed E-state index contributed by atoms with van der Waals surface area (Å²) in [4.78, 5) is 16.1. The third-order valence-electron chi connectivity index (χ3n) is 3.16. The van der Waals surface area contributed by atoms with Crippen LogP contribution in [0.4, 0.5) is 5.69 Å². The van der Waals surface area contributed by atoms with Gasteiger partial charge in [0, 0.05) is 17.0 Å². The molecule has 0 aliphatic carbocycles. The molecule has 0 aliphatic heterocycles. The molecule has 1 heterocycles. The van der Waals surface area contributed by atoms with Crippen LogP contribution in [0.1, 0.15) is 5.89 Å². The van der Waals surface area contributed by atoms with Gasteiger partial charge in [0.1, 0.15) is 5.75 Å². The minimum atomic E-state index is -0.236. The largest absolute Gasteiger partial charge is 0.484 e. The van der Waals surface area contributed by atoms with Crippen molar-refractivity contribution in [2.24, 2.45) is 0 Å². The number of hydrogen-bond acceptors (Lipinski definition) is 5. The second kappa shape index (κ2) is 7.27. The Balaban J connectivity index is 1.57. The highest BCUT2D eigenvalue weighted by Crippen LogP contribution is 2.22. The van der Waals surface area contributed by atoms with E-state index in [1.165, 1.54) is 0 Å². The van der Waals surface area contributed by atoms with Crippen molar-refractivity contribution in [2.45, 2.75) is 6.92 Å². The molecular weight excluding hydrogens is 374 g/mol. The zero-order valence-electron chi connectivity index (χ0n) is 12.8. The molecule has 1 N–H and O–H groups in total. The summed E-state index contributed by atoms with van der Waals surface area (Å²) in [5, 5.41) is 6.63. The number of para-hydroxylation sites is 1. The van der Waals surface area contributed by atoms with Crippen LogP contribution < -0.4 is 10.1 Å². The first kappa shape index (κ1) is 16.2. The number of anilines is 1. The van der Waals surface area contributed by atoms with Crippen LogP contribution >= 0.6 is 15.9 Å². The van der Waals surface area contributed by atoms with Crippen LogP contribution in [-0.2, 0) is 4.79 Å². The Labute approximate surface area is 147 Å². The number of hydrogen-bond donors (Lipinski definition) is 1. The standard InChI is InChI=1S/C17H14BrN3O3/c1-11-19-17(21-24-11)12-6-8-13(9-7-12)23-10-16(22)20-15-5-3-2-4-14(15)18/h2-9H,10H2,1H3,(H,20,22). The number of halogens is 1. The van der Waals surface area contributed by atoms with Gasteiger partial charge in [-0.15, -0.1) is 0 Å². The van der Waals surface area contributed by atoms with E-state index >= 15 is 0 Å². The molecule has 0 saturated heterocycles. The second-order valence-corrected chi connectivity index (χ2v) is 5.83. The molecule has 2 aromatic carbocycles. The van der Waals surface area contributed by atoms with E-state index in [2.05, 4.69) is 31.4 Å². The first-order valence-corrected chi connectivity index (χ1v) is 7.99. The zero-order chi connectivity index (χ0) is 16.9. The number of carbonyl (C=O) groups excluding carboxylic acids is 1.